The maximum atomic E-state index is 2.41. The van der Waals surface area contributed by atoms with Crippen molar-refractivity contribution in [2.45, 2.75) is 0 Å². The monoisotopic (exact) mass is 599 g/mol. The Morgan fingerprint density at radius 3 is 1.57 bits per heavy atom. The fourth-order valence-electron chi connectivity index (χ4n) is 7.59. The molecule has 0 unspecified atom stereocenters. The Bertz CT molecular complexity index is 2760. The van der Waals surface area contributed by atoms with Gasteiger partial charge in [-0.05, 0) is 90.0 Å². The van der Waals surface area contributed by atoms with Crippen molar-refractivity contribution in [1.82, 2.24) is 13.7 Å². The van der Waals surface area contributed by atoms with Gasteiger partial charge >= 0.3 is 0 Å². The van der Waals surface area contributed by atoms with Gasteiger partial charge in [0.15, 0.2) is 0 Å². The second-order valence-corrected chi connectivity index (χ2v) is 12.2. The molecular formula is C44H29N3. The number of fused-ring (bicyclic) bond motifs is 8. The summed E-state index contributed by atoms with van der Waals surface area (Å²) >= 11 is 0. The molecule has 3 nitrogen and oxygen atoms in total. The fourth-order valence-corrected chi connectivity index (χ4v) is 7.59. The van der Waals surface area contributed by atoms with Crippen LogP contribution in [0.25, 0.3) is 82.7 Å². The summed E-state index contributed by atoms with van der Waals surface area (Å²) in [5, 5.41) is 6.34. The summed E-state index contributed by atoms with van der Waals surface area (Å²) < 4.78 is 7.08. The number of hydrogen-bond donors (Lipinski definition) is 0. The predicted octanol–water partition coefficient (Wildman–Crippen LogP) is 11.5. The highest BCUT2D eigenvalue weighted by atomic mass is 15.0. The van der Waals surface area contributed by atoms with Crippen LogP contribution in [-0.2, 0) is 0 Å². The minimum Gasteiger partial charge on any atom is -0.317 e. The van der Waals surface area contributed by atoms with Gasteiger partial charge in [-0.3, -0.25) is 0 Å². The molecule has 0 saturated heterocycles. The molecule has 47 heavy (non-hydrogen) atoms. The van der Waals surface area contributed by atoms with Gasteiger partial charge in [-0.25, -0.2) is 0 Å². The van der Waals surface area contributed by atoms with Crippen LogP contribution in [0.3, 0.4) is 0 Å². The molecule has 220 valence electrons. The minimum absolute atomic E-state index is 1.15. The lowest BCUT2D eigenvalue weighted by Crippen LogP contribution is -1.97. The van der Waals surface area contributed by atoms with Crippen LogP contribution in [-0.4, -0.2) is 13.7 Å². The van der Waals surface area contributed by atoms with E-state index in [4.69, 9.17) is 0 Å². The van der Waals surface area contributed by atoms with Crippen LogP contribution in [0.2, 0.25) is 0 Å². The smallest absolute Gasteiger partial charge is 0.0548 e. The Morgan fingerprint density at radius 1 is 0.298 bits per heavy atom. The third kappa shape index (κ3) is 3.87. The van der Waals surface area contributed by atoms with Crippen LogP contribution < -0.4 is 0 Å². The molecule has 0 fully saturated rings. The topological polar surface area (TPSA) is 14.8 Å². The molecule has 0 aliphatic carbocycles. The van der Waals surface area contributed by atoms with Gasteiger partial charge in [0.25, 0.3) is 0 Å². The lowest BCUT2D eigenvalue weighted by atomic mass is 10.0. The van der Waals surface area contributed by atoms with E-state index in [-0.39, 0.29) is 0 Å². The molecule has 0 radical (unpaired) electrons. The summed E-state index contributed by atoms with van der Waals surface area (Å²) in [6.45, 7) is 0. The minimum atomic E-state index is 1.15. The van der Waals surface area contributed by atoms with E-state index in [0.29, 0.717) is 0 Å². The first kappa shape index (κ1) is 26.0. The zero-order chi connectivity index (χ0) is 30.9. The number of benzene rings is 7. The number of nitrogens with zero attached hydrogens (tertiary/aromatic N) is 3. The Hall–Kier alpha value is -6.32. The average Bonchev–Trinajstić information content (AvgIpc) is 3.82. The number of para-hydroxylation sites is 3. The number of aromatic nitrogens is 3. The second-order valence-electron chi connectivity index (χ2n) is 12.2. The van der Waals surface area contributed by atoms with E-state index >= 15 is 0 Å². The number of hydrogen-bond acceptors (Lipinski definition) is 0. The molecule has 0 saturated carbocycles. The molecule has 0 bridgehead atoms. The Kier molecular flexibility index (Phi) is 5.57. The molecule has 3 aromatic heterocycles. The molecule has 10 rings (SSSR count). The highest BCUT2D eigenvalue weighted by Gasteiger charge is 2.18. The molecule has 0 amide bonds. The van der Waals surface area contributed by atoms with E-state index in [9.17, 15) is 0 Å². The van der Waals surface area contributed by atoms with Gasteiger partial charge in [-0.2, -0.15) is 0 Å². The normalized spacial score (nSPS) is 11.8. The average molecular weight is 600 g/mol. The quantitative estimate of drug-likeness (QED) is 0.191. The van der Waals surface area contributed by atoms with E-state index < -0.39 is 0 Å². The zero-order valence-corrected chi connectivity index (χ0v) is 25.6. The molecule has 0 spiro atoms. The van der Waals surface area contributed by atoms with E-state index in [2.05, 4.69) is 190 Å². The summed E-state index contributed by atoms with van der Waals surface area (Å²) in [5.74, 6) is 0. The van der Waals surface area contributed by atoms with Crippen LogP contribution in [0, 0.1) is 0 Å². The van der Waals surface area contributed by atoms with Gasteiger partial charge in [0.05, 0.1) is 27.6 Å². The second kappa shape index (κ2) is 10.1. The van der Waals surface area contributed by atoms with Crippen LogP contribution in [0.15, 0.2) is 176 Å². The van der Waals surface area contributed by atoms with Crippen molar-refractivity contribution < 1.29 is 0 Å². The molecule has 0 atom stereocenters. The van der Waals surface area contributed by atoms with Gasteiger partial charge in [-0.15, -0.1) is 0 Å². The van der Waals surface area contributed by atoms with Crippen molar-refractivity contribution in [2.75, 3.05) is 0 Å². The highest BCUT2D eigenvalue weighted by Crippen LogP contribution is 2.39. The molecule has 3 heteroatoms. The van der Waals surface area contributed by atoms with Gasteiger partial charge in [0.1, 0.15) is 0 Å². The SMILES string of the molecule is c1ccc(-c2ccc3c(c2)c2ccccc2n3-c2ccc(-n3c4ccccc4c4c5ccn(-c6ccccc6)c5ccc43)cc2)cc1. The van der Waals surface area contributed by atoms with E-state index in [1.54, 1.807) is 0 Å². The van der Waals surface area contributed by atoms with Crippen molar-refractivity contribution in [3.05, 3.63) is 176 Å². The van der Waals surface area contributed by atoms with Gasteiger partial charge in [0.2, 0.25) is 0 Å². The molecule has 3 heterocycles. The summed E-state index contributed by atoms with van der Waals surface area (Å²) in [4.78, 5) is 0. The summed E-state index contributed by atoms with van der Waals surface area (Å²) in [7, 11) is 0. The van der Waals surface area contributed by atoms with Crippen molar-refractivity contribution in [2.24, 2.45) is 0 Å². The van der Waals surface area contributed by atoms with Gasteiger partial charge < -0.3 is 13.7 Å². The highest BCUT2D eigenvalue weighted by molar-refractivity contribution is 6.21. The van der Waals surface area contributed by atoms with Crippen LogP contribution in [0.1, 0.15) is 0 Å². The first-order chi connectivity index (χ1) is 23.3. The Labute approximate surface area is 271 Å². The summed E-state index contributed by atoms with van der Waals surface area (Å²) in [6.07, 6.45) is 2.19. The van der Waals surface area contributed by atoms with Gasteiger partial charge in [0, 0.05) is 50.2 Å². The molecule has 7 aromatic carbocycles. The van der Waals surface area contributed by atoms with Crippen molar-refractivity contribution in [1.29, 1.82) is 0 Å². The van der Waals surface area contributed by atoms with Crippen LogP contribution in [0.4, 0.5) is 0 Å². The van der Waals surface area contributed by atoms with Crippen LogP contribution in [0.5, 0.6) is 0 Å². The maximum absolute atomic E-state index is 2.41. The van der Waals surface area contributed by atoms with Crippen molar-refractivity contribution in [3.8, 4) is 28.2 Å². The fraction of sp³-hybridized carbons (Fsp3) is 0. The maximum Gasteiger partial charge on any atom is 0.0548 e. The van der Waals surface area contributed by atoms with Crippen molar-refractivity contribution >= 4 is 54.5 Å². The number of rotatable bonds is 4. The molecule has 0 aliphatic heterocycles. The van der Waals surface area contributed by atoms with E-state index in [1.807, 2.05) is 0 Å². The largest absolute Gasteiger partial charge is 0.317 e. The summed E-state index contributed by atoms with van der Waals surface area (Å²) in [5.41, 5.74) is 12.0. The lowest BCUT2D eigenvalue weighted by molar-refractivity contribution is 1.13. The third-order valence-electron chi connectivity index (χ3n) is 9.69. The Balaban J connectivity index is 1.14. The van der Waals surface area contributed by atoms with Crippen molar-refractivity contribution in [3.63, 3.8) is 0 Å². The lowest BCUT2D eigenvalue weighted by Gasteiger charge is -2.12. The van der Waals surface area contributed by atoms with E-state index in [1.165, 1.54) is 71.3 Å². The van der Waals surface area contributed by atoms with E-state index in [0.717, 1.165) is 11.4 Å². The first-order valence-corrected chi connectivity index (χ1v) is 16.1. The van der Waals surface area contributed by atoms with Gasteiger partial charge in [-0.1, -0.05) is 91.0 Å². The predicted molar refractivity (Wildman–Crippen MR) is 197 cm³/mol. The molecule has 0 N–H and O–H groups in total. The summed E-state index contributed by atoms with van der Waals surface area (Å²) in [6, 6.07) is 61.4. The third-order valence-corrected chi connectivity index (χ3v) is 9.69. The standard InChI is InChI=1S/C44H29N3/c1-3-11-30(12-4-1)31-19-24-42-38(29-31)35-15-7-9-17-40(35)46(42)33-20-22-34(23-21-33)47-41-18-10-8-16-36(41)44-37-27-28-45(32-13-5-2-6-14-32)39(37)25-26-43(44)47/h1-29H. The first-order valence-electron chi connectivity index (χ1n) is 16.1. The molecule has 10 aromatic rings. The zero-order valence-electron chi connectivity index (χ0n) is 25.6. The molecular weight excluding hydrogens is 571 g/mol. The Morgan fingerprint density at radius 2 is 0.830 bits per heavy atom. The van der Waals surface area contributed by atoms with Crippen LogP contribution >= 0.6 is 0 Å². The molecule has 0 aliphatic rings.